The van der Waals surface area contributed by atoms with Gasteiger partial charge in [-0.15, -0.1) is 0 Å². The van der Waals surface area contributed by atoms with Crippen molar-refractivity contribution in [3.8, 4) is 0 Å². The van der Waals surface area contributed by atoms with Gasteiger partial charge in [0.25, 0.3) is 0 Å². The van der Waals surface area contributed by atoms with E-state index >= 15 is 0 Å². The molecule has 0 aromatic carbocycles. The van der Waals surface area contributed by atoms with Crippen molar-refractivity contribution < 1.29 is 4.39 Å². The number of anilines is 1. The summed E-state index contributed by atoms with van der Waals surface area (Å²) >= 11 is 1.48. The predicted octanol–water partition coefficient (Wildman–Crippen LogP) is 3.53. The summed E-state index contributed by atoms with van der Waals surface area (Å²) in [5.74, 6) is 0.284. The minimum Gasteiger partial charge on any atom is -0.380 e. The predicted molar refractivity (Wildman–Crippen MR) is 113 cm³/mol. The Bertz CT molecular complexity index is 941. The molecule has 2 aliphatic rings. The second kappa shape index (κ2) is 8.62. The first-order valence-corrected chi connectivity index (χ1v) is 10.3. The van der Waals surface area contributed by atoms with Crippen molar-refractivity contribution in [2.45, 2.75) is 25.3 Å². The van der Waals surface area contributed by atoms with E-state index in [0.717, 1.165) is 47.9 Å². The molecule has 1 saturated heterocycles. The van der Waals surface area contributed by atoms with Crippen LogP contribution in [0.1, 0.15) is 24.3 Å². The summed E-state index contributed by atoms with van der Waals surface area (Å²) in [6.45, 7) is 6.80. The molecule has 146 valence electrons. The van der Waals surface area contributed by atoms with Gasteiger partial charge in [-0.05, 0) is 38.4 Å². The van der Waals surface area contributed by atoms with E-state index in [2.05, 4.69) is 27.2 Å². The maximum absolute atomic E-state index is 14.1. The number of nitrogens with one attached hydrogen (secondary N) is 2. The van der Waals surface area contributed by atoms with Crippen molar-refractivity contribution in [2.24, 2.45) is 0 Å². The van der Waals surface area contributed by atoms with Gasteiger partial charge in [0, 0.05) is 18.8 Å². The molecule has 8 heteroatoms. The van der Waals surface area contributed by atoms with Gasteiger partial charge in [0.2, 0.25) is 0 Å². The Hall–Kier alpha value is -2.58. The molecule has 1 fully saturated rings. The van der Waals surface area contributed by atoms with E-state index in [9.17, 15) is 4.39 Å². The largest absolute Gasteiger partial charge is 0.380 e. The zero-order chi connectivity index (χ0) is 19.3. The van der Waals surface area contributed by atoms with Crippen LogP contribution >= 0.6 is 11.3 Å². The summed E-state index contributed by atoms with van der Waals surface area (Å²) in [5, 5.41) is 7.64. The number of piperidine rings is 1. The zero-order valence-electron chi connectivity index (χ0n) is 15.6. The van der Waals surface area contributed by atoms with E-state index in [0.29, 0.717) is 23.9 Å². The third-order valence-corrected chi connectivity index (χ3v) is 5.77. The number of fused-ring (bicyclic) bond motifs is 1. The molecule has 4 rings (SSSR count). The number of aromatic nitrogens is 3. The van der Waals surface area contributed by atoms with Gasteiger partial charge in [0.1, 0.15) is 27.5 Å². The van der Waals surface area contributed by atoms with Crippen LogP contribution in [0.3, 0.4) is 0 Å². The van der Waals surface area contributed by atoms with Crippen molar-refractivity contribution in [3.63, 3.8) is 0 Å². The van der Waals surface area contributed by atoms with Gasteiger partial charge in [0.15, 0.2) is 5.82 Å². The van der Waals surface area contributed by atoms with Crippen molar-refractivity contribution >= 4 is 33.2 Å². The molecule has 0 bridgehead atoms. The summed E-state index contributed by atoms with van der Waals surface area (Å²) in [5.41, 5.74) is 1.48. The SMILES string of the molecule is C=C(NC1CCNCC1)c1nc2c(N3/C=C(F)/C=C\C=C\CC3)ncnc2s1. The Morgan fingerprint density at radius 1 is 1.29 bits per heavy atom. The van der Waals surface area contributed by atoms with Gasteiger partial charge >= 0.3 is 0 Å². The number of hydrogen-bond donors (Lipinski definition) is 2. The molecule has 4 heterocycles. The number of nitrogens with zero attached hydrogens (tertiary/aromatic N) is 4. The summed E-state index contributed by atoms with van der Waals surface area (Å²) in [6, 6.07) is 0.403. The van der Waals surface area contributed by atoms with Crippen LogP contribution in [0.5, 0.6) is 0 Å². The number of hydrogen-bond acceptors (Lipinski definition) is 7. The normalized spacial score (nSPS) is 22.6. The monoisotopic (exact) mass is 398 g/mol. The number of allylic oxidation sites excluding steroid dienone is 4. The zero-order valence-corrected chi connectivity index (χ0v) is 16.4. The molecule has 2 aromatic rings. The molecule has 0 amide bonds. The van der Waals surface area contributed by atoms with Gasteiger partial charge in [-0.1, -0.05) is 36.1 Å². The maximum atomic E-state index is 14.1. The smallest absolute Gasteiger partial charge is 0.163 e. The molecule has 0 unspecified atom stereocenters. The fourth-order valence-corrected chi connectivity index (χ4v) is 4.15. The summed E-state index contributed by atoms with van der Waals surface area (Å²) in [6.07, 6.45) is 12.9. The second-order valence-corrected chi connectivity index (χ2v) is 7.78. The molecule has 2 N–H and O–H groups in total. The number of thiazole rings is 1. The highest BCUT2D eigenvalue weighted by atomic mass is 32.1. The van der Waals surface area contributed by atoms with Gasteiger partial charge in [-0.2, -0.15) is 0 Å². The summed E-state index contributed by atoms with van der Waals surface area (Å²) < 4.78 is 14.1. The van der Waals surface area contributed by atoms with Crippen molar-refractivity contribution in [1.82, 2.24) is 25.6 Å². The van der Waals surface area contributed by atoms with Gasteiger partial charge < -0.3 is 15.5 Å². The molecule has 0 spiro atoms. The fourth-order valence-electron chi connectivity index (χ4n) is 3.32. The van der Waals surface area contributed by atoms with Crippen LogP contribution in [0.15, 0.2) is 49.2 Å². The lowest BCUT2D eigenvalue weighted by molar-refractivity contribution is 0.425. The van der Waals surface area contributed by atoms with Crippen LogP contribution in [0.4, 0.5) is 10.2 Å². The highest BCUT2D eigenvalue weighted by Crippen LogP contribution is 2.30. The third kappa shape index (κ3) is 4.28. The topological polar surface area (TPSA) is 66.0 Å². The average molecular weight is 399 g/mol. The first-order valence-electron chi connectivity index (χ1n) is 9.46. The lowest BCUT2D eigenvalue weighted by Gasteiger charge is -2.24. The Labute approximate surface area is 167 Å². The number of rotatable bonds is 4. The lowest BCUT2D eigenvalue weighted by atomic mass is 10.1. The van der Waals surface area contributed by atoms with Gasteiger partial charge in [-0.3, -0.25) is 0 Å². The minimum atomic E-state index is -0.328. The van der Waals surface area contributed by atoms with Gasteiger partial charge in [0.05, 0.1) is 5.70 Å². The third-order valence-electron chi connectivity index (χ3n) is 4.74. The van der Waals surface area contributed by atoms with E-state index in [-0.39, 0.29) is 5.83 Å². The van der Waals surface area contributed by atoms with Crippen molar-refractivity contribution in [1.29, 1.82) is 0 Å². The molecule has 2 aliphatic heterocycles. The van der Waals surface area contributed by atoms with Crippen LogP contribution in [-0.4, -0.2) is 40.6 Å². The fraction of sp³-hybridized carbons (Fsp3) is 0.350. The second-order valence-electron chi connectivity index (χ2n) is 6.80. The Kier molecular flexibility index (Phi) is 5.78. The van der Waals surface area contributed by atoms with E-state index in [4.69, 9.17) is 4.98 Å². The average Bonchev–Trinajstić information content (AvgIpc) is 3.18. The molecule has 28 heavy (non-hydrogen) atoms. The molecular formula is C20H23FN6S. The first-order chi connectivity index (χ1) is 13.7. The lowest BCUT2D eigenvalue weighted by Crippen LogP contribution is -2.38. The highest BCUT2D eigenvalue weighted by molar-refractivity contribution is 7.19. The van der Waals surface area contributed by atoms with E-state index in [1.807, 2.05) is 12.2 Å². The van der Waals surface area contributed by atoms with Crippen LogP contribution in [0.25, 0.3) is 16.0 Å². The standard InChI is InChI=1S/C20H23FN6S/c1-14(25-16-7-9-22-10-8-16)19-26-17-18(23-13-24-20(17)28-19)27-11-5-3-2-4-6-15(21)12-27/h2-4,6,12-13,16,22,25H,1,5,7-11H2/b3-2+,6-4-,15-12-. The molecule has 0 aliphatic carbocycles. The Balaban J connectivity index is 1.62. The van der Waals surface area contributed by atoms with Crippen LogP contribution < -0.4 is 15.5 Å². The molecule has 0 radical (unpaired) electrons. The molecule has 0 saturated carbocycles. The van der Waals surface area contributed by atoms with E-state index < -0.39 is 0 Å². The minimum absolute atomic E-state index is 0.328. The maximum Gasteiger partial charge on any atom is 0.163 e. The van der Waals surface area contributed by atoms with Crippen LogP contribution in [0.2, 0.25) is 0 Å². The van der Waals surface area contributed by atoms with Crippen molar-refractivity contribution in [3.05, 3.63) is 54.2 Å². The molecule has 6 nitrogen and oxygen atoms in total. The van der Waals surface area contributed by atoms with Crippen LogP contribution in [-0.2, 0) is 0 Å². The Morgan fingerprint density at radius 2 is 2.14 bits per heavy atom. The molecular weight excluding hydrogens is 375 g/mol. The van der Waals surface area contributed by atoms with E-state index in [1.165, 1.54) is 29.9 Å². The van der Waals surface area contributed by atoms with E-state index in [1.54, 1.807) is 11.0 Å². The summed E-state index contributed by atoms with van der Waals surface area (Å²) in [4.78, 5) is 16.1. The Morgan fingerprint density at radius 3 is 3.00 bits per heavy atom. The molecule has 0 atom stereocenters. The first kappa shape index (κ1) is 18.8. The highest BCUT2D eigenvalue weighted by Gasteiger charge is 2.19. The summed E-state index contributed by atoms with van der Waals surface area (Å²) in [7, 11) is 0. The van der Waals surface area contributed by atoms with Crippen molar-refractivity contribution in [2.75, 3.05) is 24.5 Å². The van der Waals surface area contributed by atoms with Crippen LogP contribution in [0, 0.1) is 0 Å². The number of halogens is 1. The quantitative estimate of drug-likeness (QED) is 0.821. The molecule has 2 aromatic heterocycles. The van der Waals surface area contributed by atoms with Gasteiger partial charge in [-0.25, -0.2) is 19.3 Å².